The summed E-state index contributed by atoms with van der Waals surface area (Å²) in [7, 11) is 4.07. The van der Waals surface area contributed by atoms with Gasteiger partial charge in [0.05, 0.1) is 17.1 Å². The van der Waals surface area contributed by atoms with Crippen LogP contribution in [-0.2, 0) is 0 Å². The van der Waals surface area contributed by atoms with E-state index in [4.69, 9.17) is 5.73 Å². The lowest BCUT2D eigenvalue weighted by molar-refractivity contribution is 0.818. The van der Waals surface area contributed by atoms with Crippen LogP contribution >= 0.6 is 24.8 Å². The fourth-order valence-electron chi connectivity index (χ4n) is 2.33. The third-order valence-electron chi connectivity index (χ3n) is 3.66. The zero-order valence-electron chi connectivity index (χ0n) is 13.4. The number of rotatable bonds is 3. The number of benzene rings is 2. The van der Waals surface area contributed by atoms with Crippen LogP contribution in [0, 0.1) is 0 Å². The number of anilines is 4. The molecule has 3 rings (SSSR count). The fraction of sp³-hybridized carbons (Fsp3) is 0.250. The number of hydrogen-bond acceptors (Lipinski definition) is 5. The van der Waals surface area contributed by atoms with Gasteiger partial charge in [0.15, 0.2) is 0 Å². The van der Waals surface area contributed by atoms with Crippen molar-refractivity contribution in [2.45, 2.75) is 13.0 Å². The number of halogens is 2. The molecule has 1 unspecified atom stereocenters. The van der Waals surface area contributed by atoms with Crippen LogP contribution < -0.4 is 26.6 Å². The zero-order chi connectivity index (χ0) is 15.0. The average Bonchev–Trinajstić information content (AvgIpc) is 2.90. The van der Waals surface area contributed by atoms with E-state index in [9.17, 15) is 0 Å². The summed E-state index contributed by atoms with van der Waals surface area (Å²) < 4.78 is 0. The van der Waals surface area contributed by atoms with Crippen molar-refractivity contribution in [3.8, 4) is 0 Å². The predicted octanol–water partition coefficient (Wildman–Crippen LogP) is 3.79. The van der Waals surface area contributed by atoms with Crippen molar-refractivity contribution in [1.82, 2.24) is 0 Å². The SMILES string of the molecule is CC(N)c1ccc(N2Nc3ccc(N(C)C)cc3N2)cc1.Cl.Cl. The lowest BCUT2D eigenvalue weighted by Gasteiger charge is -2.19. The summed E-state index contributed by atoms with van der Waals surface area (Å²) in [5.74, 6) is 0. The molecule has 5 nitrogen and oxygen atoms in total. The first-order valence-corrected chi connectivity index (χ1v) is 7.05. The molecule has 0 saturated heterocycles. The highest BCUT2D eigenvalue weighted by molar-refractivity contribution is 5.85. The van der Waals surface area contributed by atoms with E-state index in [0.29, 0.717) is 0 Å². The van der Waals surface area contributed by atoms with Gasteiger partial charge in [0.2, 0.25) is 0 Å². The Hall–Kier alpha value is -1.82. The number of nitrogens with two attached hydrogens (primary N) is 1. The molecule has 0 radical (unpaired) electrons. The second-order valence-corrected chi connectivity index (χ2v) is 5.56. The molecule has 7 heteroatoms. The molecule has 0 spiro atoms. The Labute approximate surface area is 149 Å². The molecule has 1 atom stereocenters. The van der Waals surface area contributed by atoms with Crippen LogP contribution in [0.1, 0.15) is 18.5 Å². The first kappa shape index (κ1) is 19.2. The number of hydrogen-bond donors (Lipinski definition) is 3. The Balaban J connectivity index is 0.00000132. The van der Waals surface area contributed by atoms with Crippen LogP contribution in [0.25, 0.3) is 0 Å². The minimum Gasteiger partial charge on any atom is -0.378 e. The fourth-order valence-corrected chi connectivity index (χ4v) is 2.33. The number of fused-ring (bicyclic) bond motifs is 1. The van der Waals surface area contributed by atoms with Crippen LogP contribution in [0.4, 0.5) is 22.7 Å². The van der Waals surface area contributed by atoms with Gasteiger partial charge in [0, 0.05) is 25.8 Å². The summed E-state index contributed by atoms with van der Waals surface area (Å²) >= 11 is 0. The van der Waals surface area contributed by atoms with E-state index < -0.39 is 0 Å². The maximum atomic E-state index is 5.88. The Morgan fingerprint density at radius 1 is 0.957 bits per heavy atom. The Morgan fingerprint density at radius 2 is 1.57 bits per heavy atom. The normalized spacial score (nSPS) is 13.0. The van der Waals surface area contributed by atoms with Gasteiger partial charge in [-0.2, -0.15) is 5.12 Å². The lowest BCUT2D eigenvalue weighted by Crippen LogP contribution is -2.29. The lowest BCUT2D eigenvalue weighted by atomic mass is 10.1. The van der Waals surface area contributed by atoms with E-state index in [-0.39, 0.29) is 30.9 Å². The molecular weight excluding hydrogens is 333 g/mol. The highest BCUT2D eigenvalue weighted by atomic mass is 35.5. The highest BCUT2D eigenvalue weighted by Gasteiger charge is 2.18. The van der Waals surface area contributed by atoms with E-state index in [1.54, 1.807) is 0 Å². The van der Waals surface area contributed by atoms with Gasteiger partial charge in [0.1, 0.15) is 0 Å². The summed E-state index contributed by atoms with van der Waals surface area (Å²) in [6.07, 6.45) is 0. The number of nitrogens with zero attached hydrogens (tertiary/aromatic N) is 2. The molecule has 0 bridgehead atoms. The Bertz CT molecular complexity index is 643. The molecule has 0 aliphatic carbocycles. The molecule has 4 N–H and O–H groups in total. The maximum Gasteiger partial charge on any atom is 0.0832 e. The van der Waals surface area contributed by atoms with Crippen molar-refractivity contribution in [2.75, 3.05) is 35.0 Å². The standard InChI is InChI=1S/C16H21N5.2ClH/c1-11(17)12-4-6-13(7-5-12)21-18-15-9-8-14(20(2)3)10-16(15)19-21;;/h4-11,18-19H,17H2,1-3H3;2*1H. The van der Waals surface area contributed by atoms with Crippen LogP contribution in [0.15, 0.2) is 42.5 Å². The molecule has 1 aliphatic rings. The van der Waals surface area contributed by atoms with Gasteiger partial charge in [-0.05, 0) is 42.8 Å². The first-order valence-electron chi connectivity index (χ1n) is 7.05. The molecule has 1 heterocycles. The minimum absolute atomic E-state index is 0. The molecule has 0 aromatic heterocycles. The van der Waals surface area contributed by atoms with Gasteiger partial charge in [0.25, 0.3) is 0 Å². The van der Waals surface area contributed by atoms with Gasteiger partial charge in [-0.25, -0.2) is 0 Å². The van der Waals surface area contributed by atoms with Crippen molar-refractivity contribution in [1.29, 1.82) is 0 Å². The molecule has 1 aliphatic heterocycles. The van der Waals surface area contributed by atoms with Gasteiger partial charge in [-0.15, -0.1) is 24.8 Å². The molecule has 0 amide bonds. The smallest absolute Gasteiger partial charge is 0.0832 e. The Morgan fingerprint density at radius 3 is 2.13 bits per heavy atom. The van der Waals surface area contributed by atoms with E-state index in [0.717, 1.165) is 28.3 Å². The van der Waals surface area contributed by atoms with Gasteiger partial charge >= 0.3 is 0 Å². The number of hydrazine groups is 2. The molecular formula is C16H23Cl2N5. The second-order valence-electron chi connectivity index (χ2n) is 5.56. The Kier molecular flexibility index (Phi) is 6.38. The second kappa shape index (κ2) is 7.64. The van der Waals surface area contributed by atoms with E-state index in [1.807, 2.05) is 26.1 Å². The van der Waals surface area contributed by atoms with Crippen LogP contribution in [0.3, 0.4) is 0 Å². The van der Waals surface area contributed by atoms with E-state index >= 15 is 0 Å². The summed E-state index contributed by atoms with van der Waals surface area (Å²) in [6.45, 7) is 1.99. The minimum atomic E-state index is 0. The van der Waals surface area contributed by atoms with Gasteiger partial charge in [-0.1, -0.05) is 12.1 Å². The van der Waals surface area contributed by atoms with Crippen LogP contribution in [0.5, 0.6) is 0 Å². The van der Waals surface area contributed by atoms with Gasteiger partial charge in [-0.3, -0.25) is 10.9 Å². The third kappa shape index (κ3) is 3.93. The average molecular weight is 356 g/mol. The predicted molar refractivity (Wildman–Crippen MR) is 104 cm³/mol. The van der Waals surface area contributed by atoms with Crippen molar-refractivity contribution in [2.24, 2.45) is 5.73 Å². The van der Waals surface area contributed by atoms with Crippen molar-refractivity contribution in [3.63, 3.8) is 0 Å². The molecule has 2 aromatic rings. The van der Waals surface area contributed by atoms with Crippen molar-refractivity contribution >= 4 is 47.6 Å². The quantitative estimate of drug-likeness (QED) is 0.781. The van der Waals surface area contributed by atoms with E-state index in [1.165, 1.54) is 0 Å². The summed E-state index contributed by atoms with van der Waals surface area (Å²) in [5, 5.41) is 1.91. The third-order valence-corrected chi connectivity index (χ3v) is 3.66. The monoisotopic (exact) mass is 355 g/mol. The van der Waals surface area contributed by atoms with Crippen molar-refractivity contribution < 1.29 is 0 Å². The van der Waals surface area contributed by atoms with Crippen LogP contribution in [-0.4, -0.2) is 14.1 Å². The first-order chi connectivity index (χ1) is 10.0. The maximum absolute atomic E-state index is 5.88. The van der Waals surface area contributed by atoms with E-state index in [2.05, 4.69) is 58.2 Å². The molecule has 2 aromatic carbocycles. The summed E-state index contributed by atoms with van der Waals surface area (Å²) in [5.41, 5.74) is 18.0. The van der Waals surface area contributed by atoms with Crippen molar-refractivity contribution in [3.05, 3.63) is 48.0 Å². The molecule has 0 fully saturated rings. The molecule has 126 valence electrons. The number of nitrogens with one attached hydrogen (secondary N) is 2. The molecule has 0 saturated carbocycles. The largest absolute Gasteiger partial charge is 0.378 e. The topological polar surface area (TPSA) is 56.6 Å². The van der Waals surface area contributed by atoms with Crippen LogP contribution in [0.2, 0.25) is 0 Å². The zero-order valence-corrected chi connectivity index (χ0v) is 15.0. The summed E-state index contributed by atoms with van der Waals surface area (Å²) in [4.78, 5) is 2.09. The molecule has 23 heavy (non-hydrogen) atoms. The van der Waals surface area contributed by atoms with Gasteiger partial charge < -0.3 is 10.6 Å². The summed E-state index contributed by atoms with van der Waals surface area (Å²) in [6, 6.07) is 14.6. The highest BCUT2D eigenvalue weighted by Crippen LogP contribution is 2.34.